The van der Waals surface area contributed by atoms with Crippen LogP contribution in [0.5, 0.6) is 0 Å². The number of pyridine rings is 2. The van der Waals surface area contributed by atoms with E-state index in [1.807, 2.05) is 35.7 Å². The zero-order valence-electron chi connectivity index (χ0n) is 17.1. The van der Waals surface area contributed by atoms with Gasteiger partial charge in [0.2, 0.25) is 0 Å². The fraction of sp³-hybridized carbons (Fsp3) is 0.318. The first-order valence-electron chi connectivity index (χ1n) is 9.97. The number of hydrogen-bond acceptors (Lipinski definition) is 5. The number of amides is 2. The highest BCUT2D eigenvalue weighted by Crippen LogP contribution is 2.24. The van der Waals surface area contributed by atoms with E-state index in [9.17, 15) is 9.59 Å². The molecule has 8 heteroatoms. The van der Waals surface area contributed by atoms with Gasteiger partial charge in [-0.3, -0.25) is 24.2 Å². The minimum atomic E-state index is -0.135. The summed E-state index contributed by atoms with van der Waals surface area (Å²) in [7, 11) is 1.93. The molecule has 0 atom stereocenters. The van der Waals surface area contributed by atoms with Crippen LogP contribution in [0.4, 0.5) is 0 Å². The van der Waals surface area contributed by atoms with Crippen molar-refractivity contribution >= 4 is 11.8 Å². The molecule has 1 aliphatic heterocycles. The van der Waals surface area contributed by atoms with Gasteiger partial charge in [0, 0.05) is 74.9 Å². The molecule has 4 heterocycles. The molecule has 8 nitrogen and oxygen atoms in total. The van der Waals surface area contributed by atoms with E-state index >= 15 is 0 Å². The minimum Gasteiger partial charge on any atom is -0.352 e. The van der Waals surface area contributed by atoms with Crippen LogP contribution in [-0.2, 0) is 26.4 Å². The topological polar surface area (TPSA) is 93.0 Å². The fourth-order valence-corrected chi connectivity index (χ4v) is 3.80. The first-order chi connectivity index (χ1) is 14.5. The average Bonchev–Trinajstić information content (AvgIpc) is 3.09. The van der Waals surface area contributed by atoms with E-state index in [0.29, 0.717) is 37.3 Å². The Bertz CT molecular complexity index is 1080. The summed E-state index contributed by atoms with van der Waals surface area (Å²) in [5, 5.41) is 7.57. The molecule has 1 aliphatic rings. The van der Waals surface area contributed by atoms with Crippen LogP contribution in [0.2, 0.25) is 0 Å². The molecule has 1 N–H and O–H groups in total. The first-order valence-corrected chi connectivity index (χ1v) is 9.97. The molecule has 0 saturated heterocycles. The summed E-state index contributed by atoms with van der Waals surface area (Å²) in [4.78, 5) is 35.2. The van der Waals surface area contributed by atoms with E-state index in [1.54, 1.807) is 30.7 Å². The van der Waals surface area contributed by atoms with E-state index in [2.05, 4.69) is 20.4 Å². The van der Waals surface area contributed by atoms with Gasteiger partial charge in [-0.25, -0.2) is 0 Å². The molecule has 0 aliphatic carbocycles. The van der Waals surface area contributed by atoms with Crippen molar-refractivity contribution in [2.75, 3.05) is 13.1 Å². The van der Waals surface area contributed by atoms with Gasteiger partial charge in [-0.2, -0.15) is 5.10 Å². The van der Waals surface area contributed by atoms with E-state index in [4.69, 9.17) is 0 Å². The zero-order chi connectivity index (χ0) is 21.1. The van der Waals surface area contributed by atoms with Gasteiger partial charge in [-0.05, 0) is 30.7 Å². The molecule has 0 spiro atoms. The van der Waals surface area contributed by atoms with Crippen molar-refractivity contribution in [1.29, 1.82) is 0 Å². The van der Waals surface area contributed by atoms with Crippen molar-refractivity contribution in [3.05, 3.63) is 76.6 Å². The number of fused-ring (bicyclic) bond motifs is 1. The number of aryl methyl sites for hydroxylation is 2. The lowest BCUT2D eigenvalue weighted by Gasteiger charge is -2.28. The summed E-state index contributed by atoms with van der Waals surface area (Å²) in [5.41, 5.74) is 5.08. The molecular formula is C22H24N6O2. The Morgan fingerprint density at radius 2 is 1.97 bits per heavy atom. The summed E-state index contributed by atoms with van der Waals surface area (Å²) in [6, 6.07) is 7.10. The van der Waals surface area contributed by atoms with Gasteiger partial charge in [0.1, 0.15) is 5.69 Å². The third-order valence-corrected chi connectivity index (χ3v) is 5.41. The molecule has 0 bridgehead atoms. The standard InChI is InChI=1S/C22H24N6O2/c1-15-4-3-9-24-20(15)22(30)28-13-8-19-17(14-28)18(26-27(19)2)7-12-25-21(29)16-5-10-23-11-6-16/h3-6,9-11H,7-8,12-14H2,1-2H3,(H,25,29). The monoisotopic (exact) mass is 404 g/mol. The number of carbonyl (C=O) groups is 2. The van der Waals surface area contributed by atoms with Crippen LogP contribution >= 0.6 is 0 Å². The van der Waals surface area contributed by atoms with Gasteiger partial charge in [0.05, 0.1) is 5.69 Å². The van der Waals surface area contributed by atoms with E-state index in [-0.39, 0.29) is 11.8 Å². The molecule has 3 aromatic heterocycles. The Hall–Kier alpha value is -3.55. The van der Waals surface area contributed by atoms with E-state index in [0.717, 1.165) is 28.9 Å². The van der Waals surface area contributed by atoms with Crippen molar-refractivity contribution in [3.63, 3.8) is 0 Å². The van der Waals surface area contributed by atoms with Gasteiger partial charge in [0.15, 0.2) is 0 Å². The zero-order valence-corrected chi connectivity index (χ0v) is 17.1. The van der Waals surface area contributed by atoms with E-state index in [1.165, 1.54) is 0 Å². The molecule has 0 unspecified atom stereocenters. The molecule has 2 amide bonds. The molecule has 0 aromatic carbocycles. The highest BCUT2D eigenvalue weighted by molar-refractivity contribution is 5.94. The van der Waals surface area contributed by atoms with Gasteiger partial charge < -0.3 is 10.2 Å². The second-order valence-electron chi connectivity index (χ2n) is 7.38. The molecule has 0 radical (unpaired) electrons. The minimum absolute atomic E-state index is 0.0560. The lowest BCUT2D eigenvalue weighted by molar-refractivity contribution is 0.0726. The van der Waals surface area contributed by atoms with Crippen LogP contribution in [0.15, 0.2) is 42.9 Å². The summed E-state index contributed by atoms with van der Waals surface area (Å²) in [6.07, 6.45) is 6.19. The molecule has 154 valence electrons. The molecule has 3 aromatic rings. The maximum absolute atomic E-state index is 13.0. The molecule has 0 saturated carbocycles. The lowest BCUT2D eigenvalue weighted by atomic mass is 10.0. The van der Waals surface area contributed by atoms with Crippen molar-refractivity contribution in [1.82, 2.24) is 30.0 Å². The number of hydrogen-bond donors (Lipinski definition) is 1. The normalized spacial score (nSPS) is 13.1. The van der Waals surface area contributed by atoms with Crippen LogP contribution in [0.25, 0.3) is 0 Å². The predicted octanol–water partition coefficient (Wildman–Crippen LogP) is 1.69. The molecular weight excluding hydrogens is 380 g/mol. The number of aromatic nitrogens is 4. The van der Waals surface area contributed by atoms with Crippen LogP contribution < -0.4 is 5.32 Å². The Balaban J connectivity index is 1.45. The Morgan fingerprint density at radius 1 is 1.17 bits per heavy atom. The first kappa shape index (κ1) is 19.8. The van der Waals surface area contributed by atoms with Crippen LogP contribution in [0.1, 0.15) is 43.4 Å². The van der Waals surface area contributed by atoms with Gasteiger partial charge in [0.25, 0.3) is 11.8 Å². The van der Waals surface area contributed by atoms with Crippen molar-refractivity contribution < 1.29 is 9.59 Å². The highest BCUT2D eigenvalue weighted by Gasteiger charge is 2.28. The Morgan fingerprint density at radius 3 is 2.73 bits per heavy atom. The molecule has 0 fully saturated rings. The largest absolute Gasteiger partial charge is 0.352 e. The average molecular weight is 404 g/mol. The van der Waals surface area contributed by atoms with Crippen LogP contribution in [0.3, 0.4) is 0 Å². The second kappa shape index (κ2) is 8.44. The fourth-order valence-electron chi connectivity index (χ4n) is 3.80. The third-order valence-electron chi connectivity index (χ3n) is 5.41. The van der Waals surface area contributed by atoms with Crippen molar-refractivity contribution in [2.24, 2.45) is 7.05 Å². The van der Waals surface area contributed by atoms with E-state index < -0.39 is 0 Å². The van der Waals surface area contributed by atoms with Crippen molar-refractivity contribution in [2.45, 2.75) is 26.3 Å². The van der Waals surface area contributed by atoms with Gasteiger partial charge >= 0.3 is 0 Å². The Labute approximate surface area is 175 Å². The lowest BCUT2D eigenvalue weighted by Crippen LogP contribution is -2.37. The second-order valence-corrected chi connectivity index (χ2v) is 7.38. The smallest absolute Gasteiger partial charge is 0.273 e. The summed E-state index contributed by atoms with van der Waals surface area (Å²) in [6.45, 7) is 3.51. The van der Waals surface area contributed by atoms with Gasteiger partial charge in [-0.1, -0.05) is 6.07 Å². The summed E-state index contributed by atoms with van der Waals surface area (Å²) < 4.78 is 1.89. The third kappa shape index (κ3) is 3.94. The SMILES string of the molecule is Cc1cccnc1C(=O)N1CCc2c(c(CCNC(=O)c3ccncc3)nn2C)C1. The summed E-state index contributed by atoms with van der Waals surface area (Å²) >= 11 is 0. The molecule has 4 rings (SSSR count). The predicted molar refractivity (Wildman–Crippen MR) is 111 cm³/mol. The quantitative estimate of drug-likeness (QED) is 0.699. The highest BCUT2D eigenvalue weighted by atomic mass is 16.2. The van der Waals surface area contributed by atoms with Crippen LogP contribution in [-0.4, -0.2) is 49.6 Å². The maximum Gasteiger partial charge on any atom is 0.273 e. The Kier molecular flexibility index (Phi) is 5.56. The van der Waals surface area contributed by atoms with Gasteiger partial charge in [-0.15, -0.1) is 0 Å². The van der Waals surface area contributed by atoms with Crippen molar-refractivity contribution in [3.8, 4) is 0 Å². The number of nitrogens with zero attached hydrogens (tertiary/aromatic N) is 5. The number of nitrogens with one attached hydrogen (secondary N) is 1. The number of carbonyl (C=O) groups excluding carboxylic acids is 2. The summed E-state index contributed by atoms with van der Waals surface area (Å²) in [5.74, 6) is -0.191. The number of rotatable bonds is 5. The molecule has 30 heavy (non-hydrogen) atoms. The maximum atomic E-state index is 13.0. The van der Waals surface area contributed by atoms with Crippen LogP contribution in [0, 0.1) is 6.92 Å².